The second-order valence-corrected chi connectivity index (χ2v) is 11.4. The van der Waals surface area contributed by atoms with Gasteiger partial charge in [-0.3, -0.25) is 4.90 Å². The summed E-state index contributed by atoms with van der Waals surface area (Å²) in [4.78, 5) is 16.4. The number of hydrogen-bond acceptors (Lipinski definition) is 5. The smallest absolute Gasteiger partial charge is 0.331 e. The van der Waals surface area contributed by atoms with Crippen LogP contribution in [0.2, 0.25) is 0 Å². The summed E-state index contributed by atoms with van der Waals surface area (Å²) in [6, 6.07) is 22.5. The largest absolute Gasteiger partial charge is 0.454 e. The number of nitrogens with zero attached hydrogens (tertiary/aromatic N) is 3. The van der Waals surface area contributed by atoms with Crippen molar-refractivity contribution in [3.8, 4) is 11.3 Å². The Morgan fingerprint density at radius 3 is 2.41 bits per heavy atom. The zero-order valence-electron chi connectivity index (χ0n) is 21.9. The van der Waals surface area contributed by atoms with Gasteiger partial charge in [0.15, 0.2) is 11.9 Å². The maximum Gasteiger partial charge on any atom is 0.331 e. The zero-order chi connectivity index (χ0) is 25.3. The molecule has 4 aliphatic heterocycles. The van der Waals surface area contributed by atoms with Crippen molar-refractivity contribution in [2.75, 3.05) is 32.7 Å². The van der Waals surface area contributed by atoms with E-state index in [1.807, 2.05) is 36.4 Å². The van der Waals surface area contributed by atoms with Gasteiger partial charge in [0, 0.05) is 30.4 Å². The molecule has 0 unspecified atom stereocenters. The van der Waals surface area contributed by atoms with Crippen molar-refractivity contribution in [1.82, 2.24) is 10.1 Å². The van der Waals surface area contributed by atoms with E-state index < -0.39 is 5.54 Å². The molecule has 0 amide bonds. The summed E-state index contributed by atoms with van der Waals surface area (Å²) in [5.74, 6) is 1.26. The molecule has 0 aliphatic carbocycles. The molecule has 2 bridgehead atoms. The number of ether oxygens (including phenoxy) is 1. The molecule has 37 heavy (non-hydrogen) atoms. The number of aromatic nitrogens is 1. The third-order valence-electron chi connectivity index (χ3n) is 9.14. The lowest BCUT2D eigenvalue weighted by atomic mass is 9.82. The molecule has 3 aromatic rings. The van der Waals surface area contributed by atoms with Gasteiger partial charge in [-0.2, -0.15) is 0 Å². The van der Waals surface area contributed by atoms with Crippen molar-refractivity contribution in [1.29, 1.82) is 0 Å². The molecule has 4 aliphatic rings. The van der Waals surface area contributed by atoms with Gasteiger partial charge in [-0.25, -0.2) is 4.79 Å². The Balaban J connectivity index is 1.20. The van der Waals surface area contributed by atoms with Gasteiger partial charge in [-0.1, -0.05) is 72.2 Å². The van der Waals surface area contributed by atoms with Gasteiger partial charge in [-0.05, 0) is 38.4 Å². The molecule has 4 saturated heterocycles. The van der Waals surface area contributed by atoms with E-state index in [1.165, 1.54) is 6.42 Å². The summed E-state index contributed by atoms with van der Waals surface area (Å²) in [5.41, 5.74) is 2.22. The molecule has 2 aromatic carbocycles. The lowest BCUT2D eigenvalue weighted by molar-refractivity contribution is -0.959. The van der Waals surface area contributed by atoms with Crippen LogP contribution < -0.4 is 0 Å². The second-order valence-electron chi connectivity index (χ2n) is 11.4. The van der Waals surface area contributed by atoms with Crippen molar-refractivity contribution in [2.45, 2.75) is 57.2 Å². The number of carbonyl (C=O) groups excluding carboxylic acids is 1. The minimum Gasteiger partial charge on any atom is -0.454 e. The molecule has 1 aromatic heterocycles. The first kappa shape index (κ1) is 24.4. The van der Waals surface area contributed by atoms with Crippen LogP contribution in [0.25, 0.3) is 11.3 Å². The summed E-state index contributed by atoms with van der Waals surface area (Å²) in [5, 5.41) is 4.34. The highest BCUT2D eigenvalue weighted by Gasteiger charge is 2.51. The predicted molar refractivity (Wildman–Crippen MR) is 142 cm³/mol. The molecule has 2 atom stereocenters. The Morgan fingerprint density at radius 1 is 1.03 bits per heavy atom. The Bertz CT molecular complexity index is 1200. The SMILES string of the molecule is C[C@](C(=O)O[C@H]1C[N+]2(Cc3cc(-c4ccccc4)no3)CCC1CC2)(c1ccccc1)N1CCCCC1. The molecule has 194 valence electrons. The maximum atomic E-state index is 14.0. The molecule has 6 nitrogen and oxygen atoms in total. The Kier molecular flexibility index (Phi) is 6.63. The van der Waals surface area contributed by atoms with Crippen LogP contribution in [0.3, 0.4) is 0 Å². The van der Waals surface area contributed by atoms with Crippen LogP contribution in [0.4, 0.5) is 0 Å². The minimum absolute atomic E-state index is 0.0562. The summed E-state index contributed by atoms with van der Waals surface area (Å²) >= 11 is 0. The lowest BCUT2D eigenvalue weighted by Gasteiger charge is -2.52. The topological polar surface area (TPSA) is 55.6 Å². The number of fused-ring (bicyclic) bond motifs is 3. The second kappa shape index (κ2) is 10.1. The third-order valence-corrected chi connectivity index (χ3v) is 9.14. The number of carbonyl (C=O) groups is 1. The van der Waals surface area contributed by atoms with Gasteiger partial charge < -0.3 is 13.7 Å². The number of hydrogen-bond donors (Lipinski definition) is 0. The summed E-state index contributed by atoms with van der Waals surface area (Å²) in [6.07, 6.45) is 5.61. The van der Waals surface area contributed by atoms with E-state index >= 15 is 0 Å². The zero-order valence-corrected chi connectivity index (χ0v) is 21.9. The summed E-state index contributed by atoms with van der Waals surface area (Å²) in [7, 11) is 0. The number of benzene rings is 2. The van der Waals surface area contributed by atoms with Crippen molar-refractivity contribution >= 4 is 5.97 Å². The fourth-order valence-corrected chi connectivity index (χ4v) is 6.83. The predicted octanol–water partition coefficient (Wildman–Crippen LogP) is 5.40. The van der Waals surface area contributed by atoms with Crippen LogP contribution >= 0.6 is 0 Å². The Morgan fingerprint density at radius 2 is 1.70 bits per heavy atom. The highest BCUT2D eigenvalue weighted by molar-refractivity contribution is 5.82. The number of quaternary nitrogens is 1. The van der Waals surface area contributed by atoms with Crippen LogP contribution in [0.15, 0.2) is 71.3 Å². The van der Waals surface area contributed by atoms with E-state index in [0.29, 0.717) is 5.92 Å². The first-order valence-electron chi connectivity index (χ1n) is 13.9. The van der Waals surface area contributed by atoms with E-state index in [4.69, 9.17) is 9.26 Å². The molecule has 4 fully saturated rings. The normalized spacial score (nSPS) is 27.5. The summed E-state index contributed by atoms with van der Waals surface area (Å²) in [6.45, 7) is 7.78. The molecular weight excluding hydrogens is 462 g/mol. The number of piperidine rings is 4. The minimum atomic E-state index is -0.756. The highest BCUT2D eigenvalue weighted by Crippen LogP contribution is 2.40. The monoisotopic (exact) mass is 500 g/mol. The molecule has 7 rings (SSSR count). The fourth-order valence-electron chi connectivity index (χ4n) is 6.83. The van der Waals surface area contributed by atoms with Crippen LogP contribution in [-0.2, 0) is 21.6 Å². The Hall–Kier alpha value is -2.96. The van der Waals surface area contributed by atoms with Gasteiger partial charge in [0.1, 0.15) is 24.3 Å². The van der Waals surface area contributed by atoms with E-state index in [-0.39, 0.29) is 12.1 Å². The first-order chi connectivity index (χ1) is 18.1. The summed E-state index contributed by atoms with van der Waals surface area (Å²) < 4.78 is 13.2. The molecular formula is C31H38N3O3+. The van der Waals surface area contributed by atoms with Gasteiger partial charge in [-0.15, -0.1) is 0 Å². The lowest BCUT2D eigenvalue weighted by Crippen LogP contribution is -2.64. The highest BCUT2D eigenvalue weighted by atomic mass is 16.5. The molecule has 5 heterocycles. The van der Waals surface area contributed by atoms with Crippen LogP contribution in [0.5, 0.6) is 0 Å². The van der Waals surface area contributed by atoms with Crippen molar-refractivity contribution in [3.05, 3.63) is 78.1 Å². The van der Waals surface area contributed by atoms with Gasteiger partial charge in [0.2, 0.25) is 0 Å². The first-order valence-corrected chi connectivity index (χ1v) is 13.9. The number of esters is 1. The molecule has 0 saturated carbocycles. The van der Waals surface area contributed by atoms with Crippen molar-refractivity contribution in [2.24, 2.45) is 5.92 Å². The molecule has 0 N–H and O–H groups in total. The third kappa shape index (κ3) is 4.73. The van der Waals surface area contributed by atoms with Crippen molar-refractivity contribution < 1.29 is 18.5 Å². The average Bonchev–Trinajstić information content (AvgIpc) is 3.42. The van der Waals surface area contributed by atoms with Gasteiger partial charge in [0.25, 0.3) is 0 Å². The molecule has 6 heteroatoms. The average molecular weight is 501 g/mol. The quantitative estimate of drug-likeness (QED) is 0.321. The van der Waals surface area contributed by atoms with Crippen molar-refractivity contribution in [3.63, 3.8) is 0 Å². The van der Waals surface area contributed by atoms with E-state index in [0.717, 1.165) is 92.0 Å². The molecule has 0 radical (unpaired) electrons. The van der Waals surface area contributed by atoms with Crippen LogP contribution in [0.1, 0.15) is 50.4 Å². The van der Waals surface area contributed by atoms with Gasteiger partial charge in [0.05, 0.1) is 13.1 Å². The number of rotatable bonds is 7. The van der Waals surface area contributed by atoms with Gasteiger partial charge >= 0.3 is 5.97 Å². The Labute approximate surface area is 219 Å². The van der Waals surface area contributed by atoms with E-state index in [2.05, 4.69) is 47.3 Å². The van der Waals surface area contributed by atoms with Crippen LogP contribution in [-0.4, -0.2) is 59.3 Å². The van der Waals surface area contributed by atoms with Crippen LogP contribution in [0, 0.1) is 5.92 Å². The maximum absolute atomic E-state index is 14.0. The fraction of sp³-hybridized carbons (Fsp3) is 0.484. The van der Waals surface area contributed by atoms with E-state index in [1.54, 1.807) is 0 Å². The number of likely N-dealkylation sites (tertiary alicyclic amines) is 1. The van der Waals surface area contributed by atoms with E-state index in [9.17, 15) is 4.79 Å². The molecule has 0 spiro atoms. The standard InChI is InChI=1S/C31H38N3O3/c1-31(26-13-7-3-8-14-26,33-17-9-4-10-18-33)30(35)36-29-23-34(19-15-25(29)16-20-34)22-27-21-28(32-37-27)24-11-5-2-6-12-24/h2-3,5-8,11-14,21,25,29H,4,9-10,15-20,22-23H2,1H3/q+1/t25?,29-,31+,34?/m0/s1.